The van der Waals surface area contributed by atoms with Crippen LogP contribution in [-0.4, -0.2) is 18.9 Å². The Hall–Kier alpha value is -2.62. The molecule has 31 heavy (non-hydrogen) atoms. The van der Waals surface area contributed by atoms with Gasteiger partial charge in [-0.2, -0.15) is 0 Å². The van der Waals surface area contributed by atoms with Crippen LogP contribution in [0.5, 0.6) is 0 Å². The van der Waals surface area contributed by atoms with Crippen LogP contribution in [0.1, 0.15) is 75.3 Å². The third kappa shape index (κ3) is 3.10. The number of carbonyl (C=O) groups excluding carboxylic acids is 2. The van der Waals surface area contributed by atoms with Crippen LogP contribution in [0.25, 0.3) is 0 Å². The molecule has 2 spiro atoms. The largest absolute Gasteiger partial charge is 0.325 e. The molecule has 2 aromatic rings. The van der Waals surface area contributed by atoms with Crippen LogP contribution in [0.3, 0.4) is 0 Å². The number of rotatable bonds is 0. The minimum Gasteiger partial charge on any atom is -0.325 e. The Morgan fingerprint density at radius 1 is 0.710 bits per heavy atom. The Labute approximate surface area is 185 Å². The summed E-state index contributed by atoms with van der Waals surface area (Å²) in [6.07, 6.45) is 11.4. The lowest BCUT2D eigenvalue weighted by atomic mass is 9.70. The third-order valence-electron chi connectivity index (χ3n) is 8.03. The first-order chi connectivity index (χ1) is 15.1. The fourth-order valence-electron chi connectivity index (χ4n) is 6.38. The van der Waals surface area contributed by atoms with Crippen molar-refractivity contribution in [3.8, 4) is 0 Å². The number of likely N-dealkylation sites (N-methyl/N-ethyl adjacent to an activating group) is 1. The monoisotopic (exact) mass is 416 g/mol. The summed E-state index contributed by atoms with van der Waals surface area (Å²) in [5.41, 5.74) is 4.29. The zero-order chi connectivity index (χ0) is 21.5. The summed E-state index contributed by atoms with van der Waals surface area (Å²) < 4.78 is 0. The van der Waals surface area contributed by atoms with E-state index in [4.69, 9.17) is 0 Å². The van der Waals surface area contributed by atoms with Crippen LogP contribution in [0.15, 0.2) is 48.5 Å². The second kappa shape index (κ2) is 7.81. The van der Waals surface area contributed by atoms with Gasteiger partial charge in [0.05, 0.1) is 10.8 Å². The van der Waals surface area contributed by atoms with Crippen molar-refractivity contribution < 1.29 is 9.59 Å². The quantitative estimate of drug-likeness (QED) is 0.598. The summed E-state index contributed by atoms with van der Waals surface area (Å²) in [6, 6.07) is 16.4. The fraction of sp³-hybridized carbons (Fsp3) is 0.481. The predicted molar refractivity (Wildman–Crippen MR) is 124 cm³/mol. The fourth-order valence-corrected chi connectivity index (χ4v) is 6.38. The Morgan fingerprint density at radius 3 is 1.94 bits per heavy atom. The zero-order valence-corrected chi connectivity index (χ0v) is 18.5. The number of amides is 2. The number of hydrogen-bond donors (Lipinski definition) is 1. The van der Waals surface area contributed by atoms with Crippen LogP contribution in [0.2, 0.25) is 0 Å². The number of fused-ring (bicyclic) bond motifs is 4. The maximum atomic E-state index is 12.5. The molecule has 2 saturated carbocycles. The van der Waals surface area contributed by atoms with Gasteiger partial charge in [-0.3, -0.25) is 9.59 Å². The average molecular weight is 417 g/mol. The van der Waals surface area contributed by atoms with Gasteiger partial charge in [0.25, 0.3) is 0 Å². The smallest absolute Gasteiger partial charge is 0.237 e. The van der Waals surface area contributed by atoms with E-state index < -0.39 is 0 Å². The highest BCUT2D eigenvalue weighted by atomic mass is 16.2. The first kappa shape index (κ1) is 20.3. The minimum atomic E-state index is -0.186. The lowest BCUT2D eigenvalue weighted by Gasteiger charge is -2.32. The molecular weight excluding hydrogens is 384 g/mol. The normalized spacial score (nSPS) is 22.5. The van der Waals surface area contributed by atoms with Crippen molar-refractivity contribution in [1.82, 2.24) is 0 Å². The Kier molecular flexibility index (Phi) is 5.11. The summed E-state index contributed by atoms with van der Waals surface area (Å²) in [5, 5.41) is 3.02. The van der Waals surface area contributed by atoms with Gasteiger partial charge in [0.15, 0.2) is 0 Å². The number of nitrogens with one attached hydrogen (secondary N) is 1. The summed E-state index contributed by atoms with van der Waals surface area (Å²) in [6.45, 7) is 0. The van der Waals surface area contributed by atoms with E-state index in [1.54, 1.807) is 0 Å². The lowest BCUT2D eigenvalue weighted by molar-refractivity contribution is -0.124. The number of carbonyl (C=O) groups is 2. The molecule has 0 aromatic heterocycles. The number of nitrogens with zero attached hydrogens (tertiary/aromatic N) is 1. The zero-order valence-electron chi connectivity index (χ0n) is 18.5. The molecule has 0 unspecified atom stereocenters. The molecule has 0 radical (unpaired) electrons. The van der Waals surface area contributed by atoms with E-state index in [2.05, 4.69) is 29.6 Å². The van der Waals surface area contributed by atoms with Gasteiger partial charge in [-0.15, -0.1) is 0 Å². The number of hydrogen-bond acceptors (Lipinski definition) is 2. The molecular formula is C27H32N2O2. The van der Waals surface area contributed by atoms with E-state index in [9.17, 15) is 9.59 Å². The van der Waals surface area contributed by atoms with Crippen LogP contribution in [-0.2, 0) is 20.4 Å². The molecule has 2 amide bonds. The van der Waals surface area contributed by atoms with Crippen LogP contribution < -0.4 is 10.2 Å². The van der Waals surface area contributed by atoms with Crippen LogP contribution in [0.4, 0.5) is 11.4 Å². The standard InChI is InChI=1S/C14H17NO.C13H15NO/c1-15-12-8-4-3-7-11(12)14(13(15)16)9-5-2-6-10-14;15-12-13(8-4-1-5-9-13)10-6-2-3-7-11(10)14-12/h3-4,7-8H,2,5-6,9-10H2,1H3;2-3,6-7H,1,4-5,8-9H2,(H,14,15). The number of anilines is 2. The summed E-state index contributed by atoms with van der Waals surface area (Å²) >= 11 is 0. The maximum absolute atomic E-state index is 12.5. The van der Waals surface area contributed by atoms with Gasteiger partial charge in [-0.25, -0.2) is 0 Å². The van der Waals surface area contributed by atoms with Gasteiger partial charge < -0.3 is 10.2 Å². The van der Waals surface area contributed by atoms with Crippen LogP contribution in [0, 0.1) is 0 Å². The molecule has 0 saturated heterocycles. The average Bonchev–Trinajstić information content (AvgIpc) is 3.20. The summed E-state index contributed by atoms with van der Waals surface area (Å²) in [4.78, 5) is 26.4. The highest BCUT2D eigenvalue weighted by Crippen LogP contribution is 2.49. The molecule has 162 valence electrons. The molecule has 1 N–H and O–H groups in total. The van der Waals surface area contributed by atoms with Crippen molar-refractivity contribution in [2.45, 2.75) is 75.0 Å². The Morgan fingerprint density at radius 2 is 1.26 bits per heavy atom. The van der Waals surface area contributed by atoms with E-state index in [1.807, 2.05) is 36.2 Å². The van der Waals surface area contributed by atoms with Crippen molar-refractivity contribution in [1.29, 1.82) is 0 Å². The highest BCUT2D eigenvalue weighted by Gasteiger charge is 2.49. The highest BCUT2D eigenvalue weighted by molar-refractivity contribution is 6.08. The molecule has 2 aliphatic carbocycles. The van der Waals surface area contributed by atoms with Gasteiger partial charge in [0.2, 0.25) is 11.8 Å². The molecule has 0 atom stereocenters. The van der Waals surface area contributed by atoms with E-state index in [1.165, 1.54) is 49.7 Å². The van der Waals surface area contributed by atoms with Gasteiger partial charge in [-0.1, -0.05) is 74.9 Å². The first-order valence-electron chi connectivity index (χ1n) is 11.9. The molecule has 2 fully saturated rings. The number of benzene rings is 2. The van der Waals surface area contributed by atoms with Gasteiger partial charge in [0.1, 0.15) is 0 Å². The SMILES string of the molecule is CN1C(=O)C2(CCCCC2)c2ccccc21.O=C1Nc2ccccc2C12CCCCC2. The number of para-hydroxylation sites is 2. The van der Waals surface area contributed by atoms with Gasteiger partial charge >= 0.3 is 0 Å². The van der Waals surface area contributed by atoms with Crippen molar-refractivity contribution >= 4 is 23.2 Å². The summed E-state index contributed by atoms with van der Waals surface area (Å²) in [5.74, 6) is 0.539. The second-order valence-corrected chi connectivity index (χ2v) is 9.67. The minimum absolute atomic E-state index is 0.177. The molecule has 2 aliphatic heterocycles. The van der Waals surface area contributed by atoms with Gasteiger partial charge in [-0.05, 0) is 48.9 Å². The summed E-state index contributed by atoms with van der Waals surface area (Å²) in [7, 11) is 1.91. The Balaban J connectivity index is 0.000000132. The molecule has 4 heteroatoms. The molecule has 6 rings (SSSR count). The van der Waals surface area contributed by atoms with E-state index in [-0.39, 0.29) is 16.7 Å². The molecule has 4 nitrogen and oxygen atoms in total. The molecule has 2 aromatic carbocycles. The van der Waals surface area contributed by atoms with Crippen molar-refractivity contribution in [2.24, 2.45) is 0 Å². The molecule has 0 bridgehead atoms. The van der Waals surface area contributed by atoms with Gasteiger partial charge in [0, 0.05) is 18.4 Å². The maximum Gasteiger partial charge on any atom is 0.237 e. The van der Waals surface area contributed by atoms with Crippen molar-refractivity contribution in [2.75, 3.05) is 17.3 Å². The lowest BCUT2D eigenvalue weighted by Crippen LogP contribution is -2.40. The van der Waals surface area contributed by atoms with E-state index >= 15 is 0 Å². The Bertz CT molecular complexity index is 1000. The molecule has 4 aliphatic rings. The van der Waals surface area contributed by atoms with E-state index in [0.717, 1.165) is 37.1 Å². The van der Waals surface area contributed by atoms with Crippen molar-refractivity contribution in [3.63, 3.8) is 0 Å². The second-order valence-electron chi connectivity index (χ2n) is 9.67. The van der Waals surface area contributed by atoms with Crippen molar-refractivity contribution in [3.05, 3.63) is 59.7 Å². The third-order valence-corrected chi connectivity index (χ3v) is 8.03. The topological polar surface area (TPSA) is 49.4 Å². The first-order valence-corrected chi connectivity index (χ1v) is 11.9. The predicted octanol–water partition coefficient (Wildman–Crippen LogP) is 5.71. The van der Waals surface area contributed by atoms with E-state index in [0.29, 0.717) is 5.91 Å². The molecule has 2 heterocycles. The van der Waals surface area contributed by atoms with Crippen LogP contribution >= 0.6 is 0 Å².